The highest BCUT2D eigenvalue weighted by atomic mass is 16.2. The highest BCUT2D eigenvalue weighted by Crippen LogP contribution is 2.22. The van der Waals surface area contributed by atoms with E-state index in [4.69, 9.17) is 0 Å². The molecule has 1 aliphatic carbocycles. The van der Waals surface area contributed by atoms with Gasteiger partial charge in [0.25, 0.3) is 0 Å². The van der Waals surface area contributed by atoms with Gasteiger partial charge in [0.15, 0.2) is 0 Å². The van der Waals surface area contributed by atoms with Crippen LogP contribution in [-0.4, -0.2) is 37.5 Å². The Morgan fingerprint density at radius 3 is 2.71 bits per heavy atom. The average Bonchev–Trinajstić information content (AvgIpc) is 3.28. The third kappa shape index (κ3) is 6.46. The fourth-order valence-electron chi connectivity index (χ4n) is 2.90. The van der Waals surface area contributed by atoms with Gasteiger partial charge in [0.2, 0.25) is 11.8 Å². The van der Waals surface area contributed by atoms with E-state index in [0.29, 0.717) is 37.3 Å². The number of rotatable bonds is 8. The molecule has 2 amide bonds. The highest BCUT2D eigenvalue weighted by Gasteiger charge is 2.23. The Morgan fingerprint density at radius 1 is 1.24 bits per heavy atom. The molecule has 5 heteroatoms. The van der Waals surface area contributed by atoms with Crippen molar-refractivity contribution in [2.24, 2.45) is 11.8 Å². The van der Waals surface area contributed by atoms with Crippen molar-refractivity contribution in [3.05, 3.63) is 0 Å². The van der Waals surface area contributed by atoms with Crippen LogP contribution in [0.5, 0.6) is 0 Å². The van der Waals surface area contributed by atoms with Crippen LogP contribution in [0.3, 0.4) is 0 Å². The van der Waals surface area contributed by atoms with Crippen molar-refractivity contribution in [2.75, 3.05) is 19.6 Å². The van der Waals surface area contributed by atoms with Crippen LogP contribution in [0.25, 0.3) is 0 Å². The van der Waals surface area contributed by atoms with Gasteiger partial charge in [0.1, 0.15) is 0 Å². The van der Waals surface area contributed by atoms with Crippen LogP contribution in [0.15, 0.2) is 0 Å². The van der Waals surface area contributed by atoms with Gasteiger partial charge in [-0.05, 0) is 57.0 Å². The lowest BCUT2D eigenvalue weighted by molar-refractivity contribution is -0.123. The minimum Gasteiger partial charge on any atom is -0.356 e. The van der Waals surface area contributed by atoms with E-state index < -0.39 is 0 Å². The summed E-state index contributed by atoms with van der Waals surface area (Å²) < 4.78 is 0. The molecule has 1 aliphatic heterocycles. The van der Waals surface area contributed by atoms with Crippen LogP contribution in [0.4, 0.5) is 0 Å². The molecule has 0 radical (unpaired) electrons. The third-order valence-electron chi connectivity index (χ3n) is 4.49. The van der Waals surface area contributed by atoms with Crippen LogP contribution >= 0.6 is 0 Å². The highest BCUT2D eigenvalue weighted by molar-refractivity contribution is 5.77. The third-order valence-corrected chi connectivity index (χ3v) is 4.49. The zero-order chi connectivity index (χ0) is 15.1. The first kappa shape index (κ1) is 16.3. The van der Waals surface area contributed by atoms with Gasteiger partial charge in [0.05, 0.1) is 0 Å². The summed E-state index contributed by atoms with van der Waals surface area (Å²) in [5.41, 5.74) is 0. The number of carbonyl (C=O) groups excluding carboxylic acids is 2. The molecular formula is C16H29N3O2. The predicted molar refractivity (Wildman–Crippen MR) is 82.8 cm³/mol. The molecule has 1 saturated carbocycles. The van der Waals surface area contributed by atoms with E-state index in [9.17, 15) is 9.59 Å². The Kier molecular flexibility index (Phi) is 6.49. The van der Waals surface area contributed by atoms with E-state index in [1.807, 2.05) is 0 Å². The second-order valence-corrected chi connectivity index (χ2v) is 6.58. The molecule has 3 N–H and O–H groups in total. The Labute approximate surface area is 127 Å². The maximum Gasteiger partial charge on any atom is 0.220 e. The SMILES string of the molecule is CC(CC(=O)NCCCC(=O)NC1CC1)C1CCCNC1. The summed E-state index contributed by atoms with van der Waals surface area (Å²) in [5, 5.41) is 9.29. The maximum absolute atomic E-state index is 11.9. The molecule has 1 saturated heterocycles. The lowest BCUT2D eigenvalue weighted by atomic mass is 9.85. The topological polar surface area (TPSA) is 70.2 Å². The molecule has 120 valence electrons. The fourth-order valence-corrected chi connectivity index (χ4v) is 2.90. The number of amides is 2. The summed E-state index contributed by atoms with van der Waals surface area (Å²) in [6, 6.07) is 0.428. The van der Waals surface area contributed by atoms with Gasteiger partial charge in [-0.1, -0.05) is 6.92 Å². The normalized spacial score (nSPS) is 23.4. The molecule has 2 fully saturated rings. The van der Waals surface area contributed by atoms with Crippen LogP contribution in [0.2, 0.25) is 0 Å². The molecule has 0 aromatic rings. The van der Waals surface area contributed by atoms with Crippen LogP contribution in [0.1, 0.15) is 51.9 Å². The van der Waals surface area contributed by atoms with Gasteiger partial charge in [-0.3, -0.25) is 9.59 Å². The Bertz CT molecular complexity index is 349. The van der Waals surface area contributed by atoms with E-state index >= 15 is 0 Å². The standard InChI is InChI=1S/C16H29N3O2/c1-12(13-4-2-8-17-11-13)10-16(21)18-9-3-5-15(20)19-14-6-7-14/h12-14,17H,2-11H2,1H3,(H,18,21)(H,19,20). The summed E-state index contributed by atoms with van der Waals surface area (Å²) in [6.45, 7) is 4.92. The van der Waals surface area contributed by atoms with Crippen molar-refractivity contribution in [2.45, 2.75) is 57.9 Å². The summed E-state index contributed by atoms with van der Waals surface area (Å²) in [7, 11) is 0. The zero-order valence-electron chi connectivity index (χ0n) is 13.1. The van der Waals surface area contributed by atoms with E-state index in [-0.39, 0.29) is 11.8 Å². The van der Waals surface area contributed by atoms with Gasteiger partial charge >= 0.3 is 0 Å². The van der Waals surface area contributed by atoms with Gasteiger partial charge < -0.3 is 16.0 Å². The Morgan fingerprint density at radius 2 is 2.05 bits per heavy atom. The molecular weight excluding hydrogens is 266 g/mol. The summed E-state index contributed by atoms with van der Waals surface area (Å²) in [5.74, 6) is 1.29. The Hall–Kier alpha value is -1.10. The van der Waals surface area contributed by atoms with Crippen molar-refractivity contribution in [1.82, 2.24) is 16.0 Å². The van der Waals surface area contributed by atoms with Gasteiger partial charge in [-0.25, -0.2) is 0 Å². The average molecular weight is 295 g/mol. The van der Waals surface area contributed by atoms with E-state index in [2.05, 4.69) is 22.9 Å². The summed E-state index contributed by atoms with van der Waals surface area (Å²) in [6.07, 6.45) is 6.52. The van der Waals surface area contributed by atoms with Crippen molar-refractivity contribution >= 4 is 11.8 Å². The van der Waals surface area contributed by atoms with Gasteiger partial charge in [0, 0.05) is 25.4 Å². The van der Waals surface area contributed by atoms with Crippen molar-refractivity contribution in [3.63, 3.8) is 0 Å². The van der Waals surface area contributed by atoms with Crippen molar-refractivity contribution in [1.29, 1.82) is 0 Å². The second-order valence-electron chi connectivity index (χ2n) is 6.58. The first-order valence-electron chi connectivity index (χ1n) is 8.42. The zero-order valence-corrected chi connectivity index (χ0v) is 13.1. The predicted octanol–water partition coefficient (Wildman–Crippen LogP) is 1.19. The summed E-state index contributed by atoms with van der Waals surface area (Å²) in [4.78, 5) is 23.4. The molecule has 0 aromatic carbocycles. The molecule has 2 aliphatic rings. The second kappa shape index (κ2) is 8.37. The Balaban J connectivity index is 1.51. The fraction of sp³-hybridized carbons (Fsp3) is 0.875. The van der Waals surface area contributed by atoms with E-state index in [1.54, 1.807) is 0 Å². The first-order chi connectivity index (χ1) is 10.1. The van der Waals surface area contributed by atoms with E-state index in [0.717, 1.165) is 32.4 Å². The van der Waals surface area contributed by atoms with Crippen molar-refractivity contribution in [3.8, 4) is 0 Å². The molecule has 1 heterocycles. The molecule has 0 spiro atoms. The van der Waals surface area contributed by atoms with Crippen LogP contribution in [-0.2, 0) is 9.59 Å². The molecule has 5 nitrogen and oxygen atoms in total. The molecule has 2 atom stereocenters. The number of piperidine rings is 1. The lowest BCUT2D eigenvalue weighted by Gasteiger charge is -2.28. The minimum atomic E-state index is 0.119. The maximum atomic E-state index is 11.9. The number of carbonyl (C=O) groups is 2. The van der Waals surface area contributed by atoms with Crippen LogP contribution < -0.4 is 16.0 Å². The lowest BCUT2D eigenvalue weighted by Crippen LogP contribution is -2.36. The van der Waals surface area contributed by atoms with Crippen molar-refractivity contribution < 1.29 is 9.59 Å². The molecule has 2 rings (SSSR count). The van der Waals surface area contributed by atoms with E-state index in [1.165, 1.54) is 12.8 Å². The first-order valence-corrected chi connectivity index (χ1v) is 8.42. The summed E-state index contributed by atoms with van der Waals surface area (Å²) >= 11 is 0. The number of hydrogen-bond acceptors (Lipinski definition) is 3. The van der Waals surface area contributed by atoms with Gasteiger partial charge in [-0.15, -0.1) is 0 Å². The quantitative estimate of drug-likeness (QED) is 0.589. The number of hydrogen-bond donors (Lipinski definition) is 3. The largest absolute Gasteiger partial charge is 0.356 e. The molecule has 0 bridgehead atoms. The number of nitrogens with one attached hydrogen (secondary N) is 3. The molecule has 0 aromatic heterocycles. The smallest absolute Gasteiger partial charge is 0.220 e. The monoisotopic (exact) mass is 295 g/mol. The van der Waals surface area contributed by atoms with Gasteiger partial charge in [-0.2, -0.15) is 0 Å². The van der Waals surface area contributed by atoms with Crippen LogP contribution in [0, 0.1) is 11.8 Å². The minimum absolute atomic E-state index is 0.119. The molecule has 2 unspecified atom stereocenters. The molecule has 21 heavy (non-hydrogen) atoms.